The van der Waals surface area contributed by atoms with Gasteiger partial charge in [0.15, 0.2) is 0 Å². The van der Waals surface area contributed by atoms with E-state index in [2.05, 4.69) is 44.8 Å². The van der Waals surface area contributed by atoms with Gasteiger partial charge < -0.3 is 15.4 Å². The van der Waals surface area contributed by atoms with Crippen molar-refractivity contribution in [3.63, 3.8) is 0 Å². The number of nitrogens with zero attached hydrogens (tertiary/aromatic N) is 3. The second-order valence-corrected chi connectivity index (χ2v) is 12.6. The molecule has 44 heavy (non-hydrogen) atoms. The molecule has 0 saturated heterocycles. The molecular formula is C35H32BrN5O2S. The summed E-state index contributed by atoms with van der Waals surface area (Å²) in [5.74, 6) is 1.89. The third-order valence-electron chi connectivity index (χ3n) is 7.41. The molecule has 0 spiro atoms. The Kier molecular flexibility index (Phi) is 8.86. The van der Waals surface area contributed by atoms with Crippen LogP contribution >= 0.6 is 27.7 Å². The van der Waals surface area contributed by atoms with Crippen molar-refractivity contribution in [2.75, 3.05) is 10.6 Å². The standard InChI is InChI=1S/C35H32BrN5O2S/c1-22-12-17-30(23(2)18-22)38-33(42)31-24(3)37-34-39-35(44-21-25-8-5-4-6-9-25)40-41(34)32(31)27-13-15-29(16-14-27)43-20-26-10-7-11-28(36)19-26/h4-19,32H,20-21H2,1-3H3,(H,38,42)(H,37,39,40). The Labute approximate surface area is 269 Å². The van der Waals surface area contributed by atoms with Gasteiger partial charge in [-0.25, -0.2) is 4.68 Å². The first kappa shape index (κ1) is 29.7. The van der Waals surface area contributed by atoms with Crippen molar-refractivity contribution in [1.29, 1.82) is 0 Å². The number of aryl methyl sites for hydroxylation is 2. The van der Waals surface area contributed by atoms with Crippen molar-refractivity contribution in [2.45, 2.75) is 44.3 Å². The van der Waals surface area contributed by atoms with E-state index in [1.54, 1.807) is 11.8 Å². The molecule has 2 N–H and O–H groups in total. The van der Waals surface area contributed by atoms with E-state index >= 15 is 0 Å². The second kappa shape index (κ2) is 13.1. The van der Waals surface area contributed by atoms with Crippen LogP contribution in [0.25, 0.3) is 0 Å². The quantitative estimate of drug-likeness (QED) is 0.154. The highest BCUT2D eigenvalue weighted by atomic mass is 79.9. The predicted octanol–water partition coefficient (Wildman–Crippen LogP) is 8.46. The molecule has 1 aromatic heterocycles. The first-order chi connectivity index (χ1) is 21.3. The minimum atomic E-state index is -0.491. The summed E-state index contributed by atoms with van der Waals surface area (Å²) in [4.78, 5) is 18.8. The van der Waals surface area contributed by atoms with Crippen LogP contribution in [0.2, 0.25) is 0 Å². The summed E-state index contributed by atoms with van der Waals surface area (Å²) in [6, 6.07) is 31.7. The normalized spacial score (nSPS) is 14.1. The van der Waals surface area contributed by atoms with Gasteiger partial charge in [-0.05, 0) is 73.4 Å². The van der Waals surface area contributed by atoms with E-state index < -0.39 is 6.04 Å². The van der Waals surface area contributed by atoms with Crippen LogP contribution in [0.15, 0.2) is 118 Å². The molecule has 4 aromatic carbocycles. The zero-order valence-electron chi connectivity index (χ0n) is 24.7. The molecule has 6 rings (SSSR count). The Morgan fingerprint density at radius 3 is 2.48 bits per heavy atom. The number of carbonyl (C=O) groups is 1. The summed E-state index contributed by atoms with van der Waals surface area (Å²) in [7, 11) is 0. The number of rotatable bonds is 9. The monoisotopic (exact) mass is 665 g/mol. The van der Waals surface area contributed by atoms with Crippen molar-refractivity contribution in [3.8, 4) is 5.75 Å². The van der Waals surface area contributed by atoms with Crippen molar-refractivity contribution in [1.82, 2.24) is 14.8 Å². The molecule has 1 unspecified atom stereocenters. The van der Waals surface area contributed by atoms with Gasteiger partial charge in [0.1, 0.15) is 18.4 Å². The van der Waals surface area contributed by atoms with Crippen molar-refractivity contribution < 1.29 is 9.53 Å². The Morgan fingerprint density at radius 2 is 1.73 bits per heavy atom. The maximum Gasteiger partial charge on any atom is 0.255 e. The van der Waals surface area contributed by atoms with E-state index in [1.165, 1.54) is 5.56 Å². The molecule has 2 heterocycles. The lowest BCUT2D eigenvalue weighted by atomic mass is 9.94. The SMILES string of the molecule is CC1=C(C(=O)Nc2ccc(C)cc2C)C(c2ccc(OCc3cccc(Br)c3)cc2)n2nc(SCc3ccccc3)nc2N1. The number of allylic oxidation sites excluding steroid dienone is 1. The molecule has 1 amide bonds. The van der Waals surface area contributed by atoms with Crippen LogP contribution in [0, 0.1) is 13.8 Å². The first-order valence-electron chi connectivity index (χ1n) is 14.3. The van der Waals surface area contributed by atoms with E-state index in [1.807, 2.05) is 104 Å². The summed E-state index contributed by atoms with van der Waals surface area (Å²) in [5, 5.41) is 12.0. The Bertz CT molecular complexity index is 1840. The molecule has 1 aliphatic rings. The zero-order valence-corrected chi connectivity index (χ0v) is 27.1. The number of fused-ring (bicyclic) bond motifs is 1. The number of ether oxygens (including phenoxy) is 1. The Morgan fingerprint density at radius 1 is 0.955 bits per heavy atom. The van der Waals surface area contributed by atoms with Crippen LogP contribution in [0.3, 0.4) is 0 Å². The highest BCUT2D eigenvalue weighted by Gasteiger charge is 2.34. The summed E-state index contributed by atoms with van der Waals surface area (Å²) in [5.41, 5.74) is 7.38. The van der Waals surface area contributed by atoms with E-state index in [0.29, 0.717) is 23.3 Å². The molecule has 1 atom stereocenters. The molecule has 0 fully saturated rings. The predicted molar refractivity (Wildman–Crippen MR) is 180 cm³/mol. The van der Waals surface area contributed by atoms with E-state index in [9.17, 15) is 4.79 Å². The third kappa shape index (κ3) is 6.74. The fourth-order valence-corrected chi connectivity index (χ4v) is 6.43. The number of halogens is 1. The minimum absolute atomic E-state index is 0.193. The summed E-state index contributed by atoms with van der Waals surface area (Å²) in [6.07, 6.45) is 0. The van der Waals surface area contributed by atoms with Gasteiger partial charge >= 0.3 is 0 Å². The van der Waals surface area contributed by atoms with Gasteiger partial charge in [0.25, 0.3) is 5.91 Å². The van der Waals surface area contributed by atoms with Gasteiger partial charge in [-0.15, -0.1) is 5.10 Å². The van der Waals surface area contributed by atoms with Crippen LogP contribution in [0.5, 0.6) is 5.75 Å². The van der Waals surface area contributed by atoms with Gasteiger partial charge in [0, 0.05) is 21.6 Å². The highest BCUT2D eigenvalue weighted by molar-refractivity contribution is 9.10. The van der Waals surface area contributed by atoms with Crippen LogP contribution < -0.4 is 15.4 Å². The minimum Gasteiger partial charge on any atom is -0.489 e. The van der Waals surface area contributed by atoms with Gasteiger partial charge in [0.05, 0.1) is 5.57 Å². The van der Waals surface area contributed by atoms with Crippen molar-refractivity contribution in [2.24, 2.45) is 0 Å². The van der Waals surface area contributed by atoms with Gasteiger partial charge in [0.2, 0.25) is 11.1 Å². The van der Waals surface area contributed by atoms with Crippen LogP contribution in [0.1, 0.15) is 40.8 Å². The van der Waals surface area contributed by atoms with Crippen molar-refractivity contribution >= 4 is 45.2 Å². The lowest BCUT2D eigenvalue weighted by molar-refractivity contribution is -0.113. The first-order valence-corrected chi connectivity index (χ1v) is 16.1. The average molecular weight is 667 g/mol. The second-order valence-electron chi connectivity index (χ2n) is 10.8. The molecule has 0 saturated carbocycles. The number of nitrogens with one attached hydrogen (secondary N) is 2. The van der Waals surface area contributed by atoms with E-state index in [-0.39, 0.29) is 5.91 Å². The summed E-state index contributed by atoms with van der Waals surface area (Å²) >= 11 is 5.08. The number of anilines is 2. The van der Waals surface area contributed by atoms with Crippen LogP contribution in [0.4, 0.5) is 11.6 Å². The number of hydrogen-bond donors (Lipinski definition) is 2. The topological polar surface area (TPSA) is 81.1 Å². The molecule has 7 nitrogen and oxygen atoms in total. The number of hydrogen-bond acceptors (Lipinski definition) is 6. The maximum atomic E-state index is 14.0. The van der Waals surface area contributed by atoms with E-state index in [4.69, 9.17) is 14.8 Å². The molecule has 1 aliphatic heterocycles. The summed E-state index contributed by atoms with van der Waals surface area (Å²) in [6.45, 7) is 6.40. The molecule has 5 aromatic rings. The Balaban J connectivity index is 1.30. The number of amides is 1. The lowest BCUT2D eigenvalue weighted by Crippen LogP contribution is -2.31. The highest BCUT2D eigenvalue weighted by Crippen LogP contribution is 2.38. The molecular weight excluding hydrogens is 634 g/mol. The maximum absolute atomic E-state index is 14.0. The van der Waals surface area contributed by atoms with Gasteiger partial charge in [-0.3, -0.25) is 4.79 Å². The number of benzene rings is 4. The lowest BCUT2D eigenvalue weighted by Gasteiger charge is -2.29. The third-order valence-corrected chi connectivity index (χ3v) is 8.81. The molecule has 0 radical (unpaired) electrons. The smallest absolute Gasteiger partial charge is 0.255 e. The summed E-state index contributed by atoms with van der Waals surface area (Å²) < 4.78 is 8.90. The van der Waals surface area contributed by atoms with E-state index in [0.717, 1.165) is 49.6 Å². The molecule has 0 aliphatic carbocycles. The number of thioether (sulfide) groups is 1. The van der Waals surface area contributed by atoms with Crippen LogP contribution in [-0.4, -0.2) is 20.7 Å². The number of aromatic nitrogens is 3. The Hall–Kier alpha value is -4.34. The largest absolute Gasteiger partial charge is 0.489 e. The fraction of sp³-hybridized carbons (Fsp3) is 0.171. The zero-order chi connectivity index (χ0) is 30.6. The van der Waals surface area contributed by atoms with Crippen molar-refractivity contribution in [3.05, 3.63) is 141 Å². The molecule has 0 bridgehead atoms. The van der Waals surface area contributed by atoms with Crippen LogP contribution in [-0.2, 0) is 17.2 Å². The van der Waals surface area contributed by atoms with Gasteiger partial charge in [-0.1, -0.05) is 100.0 Å². The molecule has 9 heteroatoms. The van der Waals surface area contributed by atoms with Gasteiger partial charge in [-0.2, -0.15) is 4.98 Å². The average Bonchev–Trinajstić information content (AvgIpc) is 3.43. The molecule has 222 valence electrons. The number of carbonyl (C=O) groups excluding carboxylic acids is 1. The fourth-order valence-electron chi connectivity index (χ4n) is 5.20.